The SMILES string of the molecule is C=Cc1c(/C=C\C)n(-c2ccc3ccccc3c2)c2cc(-c3ccc4[nH]c(/C=C\C)c(C5=CC=CCC5)c4c3)ccc12. The van der Waals surface area contributed by atoms with Gasteiger partial charge in [0.2, 0.25) is 0 Å². The second-order valence-corrected chi connectivity index (χ2v) is 10.9. The first-order valence-electron chi connectivity index (χ1n) is 14.8. The molecule has 7 rings (SSSR count). The quantitative estimate of drug-likeness (QED) is 0.216. The number of rotatable bonds is 6. The van der Waals surface area contributed by atoms with Gasteiger partial charge in [-0.2, -0.15) is 0 Å². The number of allylic oxidation sites excluding steroid dienone is 6. The van der Waals surface area contributed by atoms with E-state index in [9.17, 15) is 0 Å². The number of nitrogens with zero attached hydrogens (tertiary/aromatic N) is 1. The minimum atomic E-state index is 1.06. The van der Waals surface area contributed by atoms with Crippen LogP contribution in [0.1, 0.15) is 49.2 Å². The van der Waals surface area contributed by atoms with Crippen LogP contribution in [-0.4, -0.2) is 9.55 Å². The van der Waals surface area contributed by atoms with E-state index in [1.165, 1.54) is 60.5 Å². The van der Waals surface area contributed by atoms with E-state index in [1.54, 1.807) is 0 Å². The van der Waals surface area contributed by atoms with Crippen molar-refractivity contribution in [3.8, 4) is 16.8 Å². The van der Waals surface area contributed by atoms with Crippen molar-refractivity contribution in [1.29, 1.82) is 0 Å². The molecule has 0 radical (unpaired) electrons. The van der Waals surface area contributed by atoms with E-state index in [1.807, 2.05) is 6.08 Å². The van der Waals surface area contributed by atoms with Crippen LogP contribution in [0.25, 0.3) is 73.2 Å². The smallest absolute Gasteiger partial charge is 0.0547 e. The largest absolute Gasteiger partial charge is 0.355 e. The zero-order chi connectivity index (χ0) is 28.6. The van der Waals surface area contributed by atoms with Gasteiger partial charge in [0.15, 0.2) is 0 Å². The number of fused-ring (bicyclic) bond motifs is 3. The number of H-pyrrole nitrogens is 1. The van der Waals surface area contributed by atoms with Gasteiger partial charge in [-0.15, -0.1) is 0 Å². The van der Waals surface area contributed by atoms with Gasteiger partial charge in [0.1, 0.15) is 0 Å². The molecule has 1 aliphatic carbocycles. The van der Waals surface area contributed by atoms with Crippen LogP contribution in [0.5, 0.6) is 0 Å². The average molecular weight is 543 g/mol. The number of nitrogens with one attached hydrogen (secondary N) is 1. The summed E-state index contributed by atoms with van der Waals surface area (Å²) in [6.45, 7) is 8.35. The van der Waals surface area contributed by atoms with Crippen LogP contribution >= 0.6 is 0 Å². The van der Waals surface area contributed by atoms with Crippen LogP contribution < -0.4 is 0 Å². The van der Waals surface area contributed by atoms with E-state index >= 15 is 0 Å². The molecule has 2 nitrogen and oxygen atoms in total. The van der Waals surface area contributed by atoms with Crippen LogP contribution in [0, 0.1) is 0 Å². The van der Waals surface area contributed by atoms with E-state index in [4.69, 9.17) is 0 Å². The second-order valence-electron chi connectivity index (χ2n) is 10.9. The van der Waals surface area contributed by atoms with Crippen LogP contribution in [0.3, 0.4) is 0 Å². The summed E-state index contributed by atoms with van der Waals surface area (Å²) < 4.78 is 2.38. The maximum absolute atomic E-state index is 4.20. The Labute approximate surface area is 247 Å². The third-order valence-corrected chi connectivity index (χ3v) is 8.39. The Hall–Kier alpha value is -5.08. The van der Waals surface area contributed by atoms with E-state index in [0.717, 1.165) is 29.8 Å². The number of hydrogen-bond donors (Lipinski definition) is 1. The molecule has 2 heterocycles. The van der Waals surface area contributed by atoms with Gasteiger partial charge in [0, 0.05) is 38.8 Å². The molecule has 0 spiro atoms. The summed E-state index contributed by atoms with van der Waals surface area (Å²) in [5.74, 6) is 0. The van der Waals surface area contributed by atoms with Gasteiger partial charge < -0.3 is 9.55 Å². The Kier molecular flexibility index (Phi) is 6.60. The van der Waals surface area contributed by atoms with Gasteiger partial charge in [0.05, 0.1) is 11.2 Å². The molecular formula is C40H34N2. The van der Waals surface area contributed by atoms with Gasteiger partial charge in [0.25, 0.3) is 0 Å². The molecule has 1 aliphatic rings. The van der Waals surface area contributed by atoms with Crippen molar-refractivity contribution in [2.45, 2.75) is 26.7 Å². The summed E-state index contributed by atoms with van der Waals surface area (Å²) in [4.78, 5) is 3.67. The monoisotopic (exact) mass is 542 g/mol. The lowest BCUT2D eigenvalue weighted by Gasteiger charge is -2.12. The Morgan fingerprint density at radius 1 is 0.810 bits per heavy atom. The predicted molar refractivity (Wildman–Crippen MR) is 184 cm³/mol. The van der Waals surface area contributed by atoms with Crippen molar-refractivity contribution in [2.24, 2.45) is 0 Å². The van der Waals surface area contributed by atoms with Crippen molar-refractivity contribution in [2.75, 3.05) is 0 Å². The minimum absolute atomic E-state index is 1.06. The Morgan fingerprint density at radius 3 is 2.40 bits per heavy atom. The molecule has 42 heavy (non-hydrogen) atoms. The maximum Gasteiger partial charge on any atom is 0.0547 e. The highest BCUT2D eigenvalue weighted by atomic mass is 15.0. The molecule has 0 bridgehead atoms. The molecule has 2 aromatic heterocycles. The molecule has 6 aromatic rings. The number of hydrogen-bond acceptors (Lipinski definition) is 0. The summed E-state index contributed by atoms with van der Waals surface area (Å²) in [5.41, 5.74) is 12.1. The first-order valence-corrected chi connectivity index (χ1v) is 14.8. The van der Waals surface area contributed by atoms with Crippen molar-refractivity contribution in [1.82, 2.24) is 9.55 Å². The van der Waals surface area contributed by atoms with Crippen molar-refractivity contribution in [3.05, 3.63) is 138 Å². The lowest BCUT2D eigenvalue weighted by molar-refractivity contribution is 1.05. The predicted octanol–water partition coefficient (Wildman–Crippen LogP) is 11.4. The van der Waals surface area contributed by atoms with Crippen LogP contribution in [0.15, 0.2) is 116 Å². The van der Waals surface area contributed by atoms with Crippen LogP contribution in [0.2, 0.25) is 0 Å². The third kappa shape index (κ3) is 4.28. The fourth-order valence-electron chi connectivity index (χ4n) is 6.48. The van der Waals surface area contributed by atoms with E-state index in [2.05, 4.69) is 151 Å². The van der Waals surface area contributed by atoms with Gasteiger partial charge in [-0.1, -0.05) is 91.6 Å². The van der Waals surface area contributed by atoms with Crippen molar-refractivity contribution < 1.29 is 0 Å². The topological polar surface area (TPSA) is 20.7 Å². The highest BCUT2D eigenvalue weighted by Crippen LogP contribution is 2.38. The fourth-order valence-corrected chi connectivity index (χ4v) is 6.48. The normalized spacial score (nSPS) is 13.7. The number of aromatic nitrogens is 2. The summed E-state index contributed by atoms with van der Waals surface area (Å²) >= 11 is 0. The summed E-state index contributed by atoms with van der Waals surface area (Å²) in [6, 6.07) is 29.0. The molecule has 0 atom stereocenters. The molecule has 2 heteroatoms. The first kappa shape index (κ1) is 25.9. The summed E-state index contributed by atoms with van der Waals surface area (Å²) in [6.07, 6.45) is 19.4. The Balaban J connectivity index is 1.46. The first-order chi connectivity index (χ1) is 20.7. The van der Waals surface area contributed by atoms with Crippen LogP contribution in [0.4, 0.5) is 0 Å². The lowest BCUT2D eigenvalue weighted by Crippen LogP contribution is -1.97. The Morgan fingerprint density at radius 2 is 1.62 bits per heavy atom. The molecule has 0 fully saturated rings. The highest BCUT2D eigenvalue weighted by molar-refractivity contribution is 6.01. The third-order valence-electron chi connectivity index (χ3n) is 8.39. The van der Waals surface area contributed by atoms with Crippen molar-refractivity contribution in [3.63, 3.8) is 0 Å². The Bertz CT molecular complexity index is 2120. The molecule has 0 aliphatic heterocycles. The van der Waals surface area contributed by atoms with Gasteiger partial charge in [-0.25, -0.2) is 0 Å². The van der Waals surface area contributed by atoms with E-state index in [0.29, 0.717) is 0 Å². The maximum atomic E-state index is 4.20. The van der Waals surface area contributed by atoms with E-state index in [-0.39, 0.29) is 0 Å². The highest BCUT2D eigenvalue weighted by Gasteiger charge is 2.18. The molecule has 4 aromatic carbocycles. The average Bonchev–Trinajstić information content (AvgIpc) is 3.55. The zero-order valence-corrected chi connectivity index (χ0v) is 24.2. The summed E-state index contributed by atoms with van der Waals surface area (Å²) in [7, 11) is 0. The zero-order valence-electron chi connectivity index (χ0n) is 24.2. The molecule has 0 unspecified atom stereocenters. The molecule has 1 N–H and O–H groups in total. The van der Waals surface area contributed by atoms with E-state index < -0.39 is 0 Å². The molecular weight excluding hydrogens is 508 g/mol. The van der Waals surface area contributed by atoms with Gasteiger partial charge >= 0.3 is 0 Å². The van der Waals surface area contributed by atoms with Crippen molar-refractivity contribution >= 4 is 56.4 Å². The standard InChI is InChI=1S/C40H34N2/c1-4-12-37-40(28-15-8-7-9-16-28)35-25-30(20-23-36(35)41-37)31-19-22-34-33(6-3)38(13-5-2)42(39(34)26-31)32-21-18-27-14-10-11-17-29(27)24-32/h4-8,10-15,17-26,41H,3,9,16H2,1-2H3/b12-4-,13-5-. The second kappa shape index (κ2) is 10.7. The van der Waals surface area contributed by atoms with Gasteiger partial charge in [-0.05, 0) is 96.6 Å². The fraction of sp³-hybridized carbons (Fsp3) is 0.100. The van der Waals surface area contributed by atoms with Crippen LogP contribution in [-0.2, 0) is 0 Å². The summed E-state index contributed by atoms with van der Waals surface area (Å²) in [5, 5.41) is 4.95. The molecule has 0 saturated heterocycles. The number of aromatic amines is 1. The molecule has 0 saturated carbocycles. The molecule has 204 valence electrons. The van der Waals surface area contributed by atoms with Gasteiger partial charge in [-0.3, -0.25) is 0 Å². The number of benzene rings is 4. The molecule has 0 amide bonds. The lowest BCUT2D eigenvalue weighted by atomic mass is 9.93. The minimum Gasteiger partial charge on any atom is -0.355 e.